The zero-order valence-corrected chi connectivity index (χ0v) is 11.6. The van der Waals surface area contributed by atoms with Gasteiger partial charge in [0.05, 0.1) is 11.1 Å². The summed E-state index contributed by atoms with van der Waals surface area (Å²) in [6.45, 7) is 0. The number of carbonyl (C=O) groups is 2. The second-order valence-corrected chi connectivity index (χ2v) is 3.50. The van der Waals surface area contributed by atoms with Crippen LogP contribution in [0.1, 0.15) is 20.7 Å². The van der Waals surface area contributed by atoms with Crippen molar-refractivity contribution >= 4 is 28.4 Å². The van der Waals surface area contributed by atoms with E-state index in [9.17, 15) is 9.59 Å². The molecule has 0 saturated heterocycles. The van der Waals surface area contributed by atoms with Gasteiger partial charge < -0.3 is 15.9 Å². The van der Waals surface area contributed by atoms with E-state index in [1.54, 1.807) is 12.1 Å². The number of hydrogen-bond donors (Lipinski definition) is 2. The molecule has 0 aliphatic heterocycles. The van der Waals surface area contributed by atoms with Crippen LogP contribution in [0, 0.1) is 0 Å². The molecular weight excluding hydrogens is 245 g/mol. The van der Waals surface area contributed by atoms with Crippen molar-refractivity contribution in [1.29, 1.82) is 0 Å². The summed E-state index contributed by atoms with van der Waals surface area (Å²) in [5.74, 6) is -2.41. The smallest absolute Gasteiger partial charge is 0.698 e. The van der Waals surface area contributed by atoms with Gasteiger partial charge in [-0.3, -0.25) is 0 Å². The molecule has 0 unspecified atom stereocenters. The number of carboxylic acids is 2. The number of benzene rings is 2. The average molecular weight is 253 g/mol. The van der Waals surface area contributed by atoms with Crippen molar-refractivity contribution in [2.24, 2.45) is 0 Å². The predicted molar refractivity (Wildman–Crippen MR) is 61.8 cm³/mol. The van der Waals surface area contributed by atoms with Crippen LogP contribution in [0.3, 0.4) is 0 Å². The van der Waals surface area contributed by atoms with Crippen LogP contribution in [-0.2, 0) is 0 Å². The molecule has 18 heavy (non-hydrogen) atoms. The molecule has 0 aliphatic carbocycles. The molecule has 0 radical (unpaired) electrons. The van der Waals surface area contributed by atoms with E-state index in [0.29, 0.717) is 5.39 Å². The first kappa shape index (κ1) is 14.5. The molecule has 0 heterocycles. The zero-order chi connectivity index (χ0) is 12.6. The van der Waals surface area contributed by atoms with Gasteiger partial charge in [0.25, 0.3) is 0 Å². The first-order chi connectivity index (χ1) is 8.02. The Balaban J connectivity index is 0.00000162. The molecule has 0 fully saturated rings. The van der Waals surface area contributed by atoms with Crippen molar-refractivity contribution in [2.75, 3.05) is 0 Å². The molecule has 5 nitrogen and oxygen atoms in total. The number of hydrogen-bond acceptors (Lipinski definition) is 2. The molecule has 6 heteroatoms. The summed E-state index contributed by atoms with van der Waals surface area (Å²) in [6.07, 6.45) is 0. The van der Waals surface area contributed by atoms with E-state index >= 15 is 0 Å². The van der Waals surface area contributed by atoms with Gasteiger partial charge in [-0.25, -0.2) is 9.59 Å². The monoisotopic (exact) mass is 253 g/mol. The fourth-order valence-corrected chi connectivity index (χ4v) is 1.78. The van der Waals surface area contributed by atoms with Crippen molar-refractivity contribution in [3.63, 3.8) is 0 Å². The van der Waals surface area contributed by atoms with Crippen molar-refractivity contribution in [3.8, 4) is 0 Å². The molecule has 3 N–H and O–H groups in total. The summed E-state index contributed by atoms with van der Waals surface area (Å²) >= 11 is 0. The van der Waals surface area contributed by atoms with Crippen LogP contribution in [0.25, 0.3) is 16.5 Å². The Kier molecular flexibility index (Phi) is 4.34. The Hall–Kier alpha value is -1.56. The van der Waals surface area contributed by atoms with Gasteiger partial charge in [-0.15, -0.1) is 5.69 Å². The van der Waals surface area contributed by atoms with Gasteiger partial charge in [0.15, 0.2) is 0 Å². The van der Waals surface area contributed by atoms with Gasteiger partial charge in [0.1, 0.15) is 0 Å². The van der Waals surface area contributed by atoms with Gasteiger partial charge in [-0.1, -0.05) is 30.3 Å². The summed E-state index contributed by atoms with van der Waals surface area (Å²) in [6, 6.07) is 7.34. The maximum absolute atomic E-state index is 11.0. The van der Waals surface area contributed by atoms with Gasteiger partial charge >= 0.3 is 41.5 Å². The van der Waals surface area contributed by atoms with Crippen LogP contribution in [0.2, 0.25) is 0 Å². The number of fused-ring (bicyclic) bond motifs is 1. The molecule has 0 atom stereocenters. The second kappa shape index (κ2) is 5.39. The summed E-state index contributed by atoms with van der Waals surface area (Å²) in [4.78, 5) is 22.1. The quantitative estimate of drug-likeness (QED) is 0.731. The fraction of sp³-hybridized carbons (Fsp3) is 0. The number of carboxylic acid groups (broad SMARTS) is 2. The van der Waals surface area contributed by atoms with Gasteiger partial charge in [0, 0.05) is 0 Å². The van der Waals surface area contributed by atoms with Crippen molar-refractivity contribution < 1.29 is 49.4 Å². The van der Waals surface area contributed by atoms with Gasteiger partial charge in [0.2, 0.25) is 0 Å². The average Bonchev–Trinajstić information content (AvgIpc) is 2.27. The molecule has 0 amide bonds. The first-order valence-electron chi connectivity index (χ1n) is 4.76. The first-order valence-corrected chi connectivity index (χ1v) is 4.76. The summed E-state index contributed by atoms with van der Waals surface area (Å²) in [5.41, 5.74) is 7.04. The van der Waals surface area contributed by atoms with E-state index in [1.165, 1.54) is 12.1 Å². The van der Waals surface area contributed by atoms with Crippen LogP contribution in [0.15, 0.2) is 30.3 Å². The summed E-state index contributed by atoms with van der Waals surface area (Å²) < 4.78 is 0. The molecular formula is C12H8NNaO4. The Morgan fingerprint density at radius 2 is 1.56 bits per heavy atom. The third-order valence-corrected chi connectivity index (χ3v) is 2.49. The van der Waals surface area contributed by atoms with E-state index < -0.39 is 11.9 Å². The maximum Gasteiger partial charge on any atom is 1.00 e. The standard InChI is InChI=1S/C12H8NO4.Na/c13-9-5-8(11(14)15)6-3-1-2-4-7(6)10(9)12(16)17;/h1-5,13H,(H,14,15)(H,16,17);/q-1;+1. The van der Waals surface area contributed by atoms with Crippen LogP contribution in [0.4, 0.5) is 5.69 Å². The van der Waals surface area contributed by atoms with Crippen molar-refractivity contribution in [3.05, 3.63) is 47.2 Å². The van der Waals surface area contributed by atoms with Crippen LogP contribution in [0.5, 0.6) is 0 Å². The Morgan fingerprint density at radius 1 is 1.00 bits per heavy atom. The predicted octanol–water partition coefficient (Wildman–Crippen LogP) is -0.0761. The van der Waals surface area contributed by atoms with E-state index in [4.69, 9.17) is 15.9 Å². The van der Waals surface area contributed by atoms with E-state index in [-0.39, 0.29) is 51.8 Å². The largest absolute Gasteiger partial charge is 1.00 e. The Bertz CT molecular complexity index is 639. The maximum atomic E-state index is 11.0. The van der Waals surface area contributed by atoms with Crippen molar-refractivity contribution in [2.45, 2.75) is 0 Å². The van der Waals surface area contributed by atoms with Crippen molar-refractivity contribution in [1.82, 2.24) is 0 Å². The van der Waals surface area contributed by atoms with Gasteiger partial charge in [-0.05, 0) is 10.8 Å². The minimum absolute atomic E-state index is 0. The second-order valence-electron chi connectivity index (χ2n) is 3.50. The topological polar surface area (TPSA) is 98.4 Å². The number of rotatable bonds is 2. The third kappa shape index (κ3) is 2.33. The third-order valence-electron chi connectivity index (χ3n) is 2.49. The van der Waals surface area contributed by atoms with Crippen LogP contribution in [-0.4, -0.2) is 22.2 Å². The van der Waals surface area contributed by atoms with Crippen LogP contribution < -0.4 is 29.6 Å². The number of nitrogens with one attached hydrogen (secondary N) is 1. The normalized spacial score (nSPS) is 9.78. The van der Waals surface area contributed by atoms with Gasteiger partial charge in [-0.2, -0.15) is 0 Å². The Labute approximate surface area is 125 Å². The minimum atomic E-state index is -1.23. The van der Waals surface area contributed by atoms with E-state index in [2.05, 4.69) is 0 Å². The molecule has 2 rings (SSSR count). The van der Waals surface area contributed by atoms with Crippen LogP contribution >= 0.6 is 0 Å². The fourth-order valence-electron chi connectivity index (χ4n) is 1.78. The molecule has 0 aromatic heterocycles. The Morgan fingerprint density at radius 3 is 2.06 bits per heavy atom. The molecule has 2 aromatic rings. The molecule has 0 saturated carbocycles. The molecule has 0 aliphatic rings. The van der Waals surface area contributed by atoms with E-state index in [1.807, 2.05) is 0 Å². The van der Waals surface area contributed by atoms with E-state index in [0.717, 1.165) is 6.07 Å². The molecule has 86 valence electrons. The summed E-state index contributed by atoms with van der Waals surface area (Å²) in [5, 5.41) is 18.6. The summed E-state index contributed by atoms with van der Waals surface area (Å²) in [7, 11) is 0. The number of aromatic carboxylic acids is 2. The molecule has 0 bridgehead atoms. The minimum Gasteiger partial charge on any atom is -0.698 e. The molecule has 0 spiro atoms. The zero-order valence-electron chi connectivity index (χ0n) is 9.60. The SMILES string of the molecule is [NH-]c1cc(C(=O)O)c2ccccc2c1C(=O)O.[Na+]. The molecule has 2 aromatic carbocycles.